The summed E-state index contributed by atoms with van der Waals surface area (Å²) >= 11 is 0. The van der Waals surface area contributed by atoms with E-state index in [0.717, 1.165) is 16.5 Å². The van der Waals surface area contributed by atoms with Crippen molar-refractivity contribution >= 4 is 22.8 Å². The van der Waals surface area contributed by atoms with Crippen LogP contribution in [-0.2, 0) is 11.2 Å². The van der Waals surface area contributed by atoms with Gasteiger partial charge in [0.2, 0.25) is 5.91 Å². The molecule has 1 aromatic heterocycles. The van der Waals surface area contributed by atoms with Gasteiger partial charge in [0.25, 0.3) is 0 Å². The first-order valence-electron chi connectivity index (χ1n) is 6.84. The topological polar surface area (TPSA) is 90.1 Å². The number of aromatic amines is 1. The Morgan fingerprint density at radius 3 is 3.00 bits per heavy atom. The summed E-state index contributed by atoms with van der Waals surface area (Å²) in [6.07, 6.45) is 2.12. The van der Waals surface area contributed by atoms with E-state index < -0.39 is 0 Å². The molecule has 7 heteroatoms. The Morgan fingerprint density at radius 1 is 1.43 bits per heavy atom. The smallest absolute Gasteiger partial charge is 0.314 e. The Hall–Kier alpha value is -2.57. The van der Waals surface area contributed by atoms with Gasteiger partial charge >= 0.3 is 6.03 Å². The minimum Gasteiger partial charge on any atom is -0.341 e. The minimum absolute atomic E-state index is 0.0454. The molecule has 2 heterocycles. The molecule has 7 nitrogen and oxygen atoms in total. The Labute approximate surface area is 121 Å². The number of aromatic nitrogens is 2. The average Bonchev–Trinajstić information content (AvgIpc) is 2.89. The van der Waals surface area contributed by atoms with Gasteiger partial charge in [0.15, 0.2) is 0 Å². The molecule has 0 saturated carbocycles. The Kier molecular flexibility index (Phi) is 3.47. The number of amides is 3. The van der Waals surface area contributed by atoms with E-state index in [2.05, 4.69) is 20.8 Å². The van der Waals surface area contributed by atoms with E-state index in [4.69, 9.17) is 0 Å². The van der Waals surface area contributed by atoms with E-state index >= 15 is 0 Å². The highest BCUT2D eigenvalue weighted by atomic mass is 16.2. The quantitative estimate of drug-likeness (QED) is 0.755. The minimum atomic E-state index is -0.211. The van der Waals surface area contributed by atoms with Gasteiger partial charge in [-0.05, 0) is 11.6 Å². The van der Waals surface area contributed by atoms with Gasteiger partial charge in [0, 0.05) is 25.5 Å². The van der Waals surface area contributed by atoms with Gasteiger partial charge in [0.05, 0.1) is 24.2 Å². The van der Waals surface area contributed by atoms with Crippen LogP contribution in [0.4, 0.5) is 4.79 Å². The summed E-state index contributed by atoms with van der Waals surface area (Å²) in [5.41, 5.74) is 1.89. The highest BCUT2D eigenvalue weighted by Crippen LogP contribution is 2.15. The van der Waals surface area contributed by atoms with E-state index in [1.165, 1.54) is 0 Å². The van der Waals surface area contributed by atoms with Crippen molar-refractivity contribution in [3.63, 3.8) is 0 Å². The van der Waals surface area contributed by atoms with E-state index in [1.807, 2.05) is 18.2 Å². The van der Waals surface area contributed by atoms with Crippen LogP contribution in [0.5, 0.6) is 0 Å². The largest absolute Gasteiger partial charge is 0.341 e. The molecule has 1 saturated heterocycles. The maximum atomic E-state index is 12.1. The molecule has 3 N–H and O–H groups in total. The monoisotopic (exact) mass is 287 g/mol. The van der Waals surface area contributed by atoms with E-state index in [-0.39, 0.29) is 18.0 Å². The number of nitrogens with zero attached hydrogens (tertiary/aromatic N) is 2. The number of fused-ring (bicyclic) bond motifs is 1. The molecule has 21 heavy (non-hydrogen) atoms. The molecule has 1 aromatic carbocycles. The molecule has 1 aliphatic heterocycles. The number of carbonyl (C=O) groups is 2. The Bertz CT molecular complexity index is 675. The summed E-state index contributed by atoms with van der Waals surface area (Å²) in [4.78, 5) is 25.0. The van der Waals surface area contributed by atoms with Gasteiger partial charge in [-0.25, -0.2) is 4.79 Å². The van der Waals surface area contributed by atoms with Crippen LogP contribution in [0, 0.1) is 0 Å². The summed E-state index contributed by atoms with van der Waals surface area (Å²) in [7, 11) is 1.57. The molecule has 3 rings (SSSR count). The second kappa shape index (κ2) is 5.43. The SMILES string of the molecule is CNC(=O)NC1CN(C(=O)Cc2ccc3cn[nH]c3c2)C1. The first-order valence-corrected chi connectivity index (χ1v) is 6.84. The van der Waals surface area contributed by atoms with Gasteiger partial charge < -0.3 is 15.5 Å². The van der Waals surface area contributed by atoms with Crippen LogP contribution in [0.1, 0.15) is 5.56 Å². The van der Waals surface area contributed by atoms with Crippen molar-refractivity contribution in [3.05, 3.63) is 30.0 Å². The lowest BCUT2D eigenvalue weighted by Crippen LogP contribution is -2.62. The highest BCUT2D eigenvalue weighted by molar-refractivity contribution is 5.83. The van der Waals surface area contributed by atoms with E-state index in [1.54, 1.807) is 18.1 Å². The molecule has 2 aromatic rings. The fraction of sp³-hybridized carbons (Fsp3) is 0.357. The van der Waals surface area contributed by atoms with Gasteiger partial charge in [-0.2, -0.15) is 5.10 Å². The number of hydrogen-bond donors (Lipinski definition) is 3. The fourth-order valence-corrected chi connectivity index (χ4v) is 2.41. The highest BCUT2D eigenvalue weighted by Gasteiger charge is 2.31. The third-order valence-electron chi connectivity index (χ3n) is 3.66. The van der Waals surface area contributed by atoms with Gasteiger partial charge in [-0.1, -0.05) is 12.1 Å². The van der Waals surface area contributed by atoms with Crippen molar-refractivity contribution in [1.82, 2.24) is 25.7 Å². The molecule has 0 aliphatic carbocycles. The first-order chi connectivity index (χ1) is 10.2. The van der Waals surface area contributed by atoms with Crippen LogP contribution in [0.15, 0.2) is 24.4 Å². The second-order valence-corrected chi connectivity index (χ2v) is 5.19. The van der Waals surface area contributed by atoms with Crippen molar-refractivity contribution < 1.29 is 9.59 Å². The van der Waals surface area contributed by atoms with Crippen LogP contribution in [0.25, 0.3) is 10.9 Å². The molecule has 110 valence electrons. The number of urea groups is 1. The lowest BCUT2D eigenvalue weighted by Gasteiger charge is -2.39. The van der Waals surface area contributed by atoms with Crippen LogP contribution in [0.3, 0.4) is 0 Å². The normalized spacial score (nSPS) is 14.8. The number of likely N-dealkylation sites (tertiary alicyclic amines) is 1. The van der Waals surface area contributed by atoms with Gasteiger partial charge in [-0.3, -0.25) is 9.89 Å². The van der Waals surface area contributed by atoms with Crippen molar-refractivity contribution in [2.24, 2.45) is 0 Å². The fourth-order valence-electron chi connectivity index (χ4n) is 2.41. The summed E-state index contributed by atoms with van der Waals surface area (Å²) in [5.74, 6) is 0.0730. The first kappa shape index (κ1) is 13.4. The van der Waals surface area contributed by atoms with Crippen molar-refractivity contribution in [2.75, 3.05) is 20.1 Å². The van der Waals surface area contributed by atoms with E-state index in [0.29, 0.717) is 19.5 Å². The molecule has 1 aliphatic rings. The molecule has 3 amide bonds. The molecule has 0 bridgehead atoms. The number of carbonyl (C=O) groups excluding carboxylic acids is 2. The number of rotatable bonds is 3. The standard InChI is InChI=1S/C14H17N5O2/c1-15-14(21)17-11-7-19(8-11)13(20)5-9-2-3-10-6-16-18-12(10)4-9/h2-4,6,11H,5,7-8H2,1H3,(H,16,18)(H2,15,17,21). The maximum Gasteiger partial charge on any atom is 0.314 e. The number of hydrogen-bond acceptors (Lipinski definition) is 3. The number of benzene rings is 1. The second-order valence-electron chi connectivity index (χ2n) is 5.19. The maximum absolute atomic E-state index is 12.1. The van der Waals surface area contributed by atoms with Crippen molar-refractivity contribution in [1.29, 1.82) is 0 Å². The third-order valence-corrected chi connectivity index (χ3v) is 3.66. The summed E-state index contributed by atoms with van der Waals surface area (Å²) < 4.78 is 0. The molecule has 0 radical (unpaired) electrons. The van der Waals surface area contributed by atoms with Crippen LogP contribution >= 0.6 is 0 Å². The molecule has 0 atom stereocenters. The van der Waals surface area contributed by atoms with E-state index in [9.17, 15) is 9.59 Å². The van der Waals surface area contributed by atoms with Crippen LogP contribution in [0.2, 0.25) is 0 Å². The van der Waals surface area contributed by atoms with Crippen molar-refractivity contribution in [3.8, 4) is 0 Å². The summed E-state index contributed by atoms with van der Waals surface area (Å²) in [5, 5.41) is 13.2. The average molecular weight is 287 g/mol. The third kappa shape index (κ3) is 2.81. The molecule has 0 spiro atoms. The predicted molar refractivity (Wildman–Crippen MR) is 77.8 cm³/mol. The van der Waals surface area contributed by atoms with Crippen LogP contribution < -0.4 is 10.6 Å². The lowest BCUT2D eigenvalue weighted by atomic mass is 10.1. The molecular weight excluding hydrogens is 270 g/mol. The zero-order chi connectivity index (χ0) is 14.8. The summed E-state index contributed by atoms with van der Waals surface area (Å²) in [6.45, 7) is 1.14. The van der Waals surface area contributed by atoms with Crippen LogP contribution in [-0.4, -0.2) is 53.2 Å². The summed E-state index contributed by atoms with van der Waals surface area (Å²) in [6, 6.07) is 5.67. The molecular formula is C14H17N5O2. The zero-order valence-electron chi connectivity index (χ0n) is 11.7. The van der Waals surface area contributed by atoms with Gasteiger partial charge in [-0.15, -0.1) is 0 Å². The van der Waals surface area contributed by atoms with Crippen molar-refractivity contribution in [2.45, 2.75) is 12.5 Å². The molecule has 0 unspecified atom stereocenters. The Balaban J connectivity index is 1.54. The number of nitrogens with one attached hydrogen (secondary N) is 3. The predicted octanol–water partition coefficient (Wildman–Crippen LogP) is 0.245. The number of H-pyrrole nitrogens is 1. The zero-order valence-corrected chi connectivity index (χ0v) is 11.7. The Morgan fingerprint density at radius 2 is 2.24 bits per heavy atom. The van der Waals surface area contributed by atoms with Gasteiger partial charge in [0.1, 0.15) is 0 Å². The molecule has 1 fully saturated rings. The lowest BCUT2D eigenvalue weighted by molar-refractivity contribution is -0.135.